The topological polar surface area (TPSA) is 54.0 Å². The molecule has 1 heterocycles. The minimum absolute atomic E-state index is 0.136. The van der Waals surface area contributed by atoms with Crippen LogP contribution in [-0.2, 0) is 0 Å². The summed E-state index contributed by atoms with van der Waals surface area (Å²) in [5, 5.41) is 7.25. The highest BCUT2D eigenvalue weighted by atomic mass is 35.5. The average Bonchev–Trinajstić information content (AvgIpc) is 3.01. The van der Waals surface area contributed by atoms with E-state index in [0.29, 0.717) is 23.2 Å². The van der Waals surface area contributed by atoms with Gasteiger partial charge in [0.2, 0.25) is 0 Å². The van der Waals surface area contributed by atoms with E-state index in [-0.39, 0.29) is 5.92 Å². The lowest BCUT2D eigenvalue weighted by molar-refractivity contribution is 0.388. The summed E-state index contributed by atoms with van der Waals surface area (Å²) < 4.78 is 0. The second-order valence-electron chi connectivity index (χ2n) is 5.71. The molecule has 2 N–H and O–H groups in total. The summed E-state index contributed by atoms with van der Waals surface area (Å²) in [7, 11) is 0. The number of rotatable bonds is 4. The zero-order chi connectivity index (χ0) is 17.1. The lowest BCUT2D eigenvalue weighted by Crippen LogP contribution is -2.19. The summed E-state index contributed by atoms with van der Waals surface area (Å²) >= 11 is 6.01. The van der Waals surface area contributed by atoms with Gasteiger partial charge in [0, 0.05) is 10.9 Å². The van der Waals surface area contributed by atoms with Gasteiger partial charge in [0.15, 0.2) is 0 Å². The third-order valence-corrected chi connectivity index (χ3v) is 4.11. The van der Waals surface area contributed by atoms with Crippen LogP contribution in [0.15, 0.2) is 77.1 Å². The van der Waals surface area contributed by atoms with Crippen molar-refractivity contribution in [3.8, 4) is 0 Å². The predicted molar refractivity (Wildman–Crippen MR) is 100 cm³/mol. The Bertz CT molecular complexity index is 790. The second-order valence-corrected chi connectivity index (χ2v) is 6.14. The summed E-state index contributed by atoms with van der Waals surface area (Å²) in [6.45, 7) is 6.39. The van der Waals surface area contributed by atoms with Gasteiger partial charge in [-0.05, 0) is 30.2 Å². The molecular weight excluding hydrogens is 320 g/mol. The van der Waals surface area contributed by atoms with Crippen molar-refractivity contribution < 1.29 is 0 Å². The molecule has 0 aliphatic carbocycles. The lowest BCUT2D eigenvalue weighted by Gasteiger charge is -2.16. The molecule has 24 heavy (non-hydrogen) atoms. The number of nitrogens with zero attached hydrogens (tertiary/aromatic N) is 3. The average molecular weight is 339 g/mol. The number of amidine groups is 1. The summed E-state index contributed by atoms with van der Waals surface area (Å²) in [6, 6.07) is 18.0. The zero-order valence-electron chi connectivity index (χ0n) is 13.5. The standard InChI is InChI=1S/C19H19ClN4/c1-13(21)22-14(2)24-12-18(15-6-4-3-5-7-15)19(23-24)16-8-10-17(20)11-9-16/h3-11,18H,2,12H2,1H3,(H2,21,22)/t18-/m1/s1. The number of aliphatic imine (C=N–C) groups is 1. The highest BCUT2D eigenvalue weighted by Gasteiger charge is 2.30. The van der Waals surface area contributed by atoms with Gasteiger partial charge in [0.1, 0.15) is 5.82 Å². The molecule has 4 nitrogen and oxygen atoms in total. The maximum absolute atomic E-state index is 6.01. The van der Waals surface area contributed by atoms with Crippen molar-refractivity contribution in [2.75, 3.05) is 6.54 Å². The number of hydrazone groups is 1. The number of benzene rings is 2. The Morgan fingerprint density at radius 2 is 1.88 bits per heavy atom. The monoisotopic (exact) mass is 338 g/mol. The van der Waals surface area contributed by atoms with Gasteiger partial charge in [-0.1, -0.05) is 60.6 Å². The number of hydrogen-bond acceptors (Lipinski definition) is 3. The number of nitrogens with two attached hydrogens (primary N) is 1. The van der Waals surface area contributed by atoms with Crippen LogP contribution in [0.4, 0.5) is 0 Å². The van der Waals surface area contributed by atoms with Crippen molar-refractivity contribution in [2.45, 2.75) is 12.8 Å². The highest BCUT2D eigenvalue weighted by Crippen LogP contribution is 2.31. The predicted octanol–water partition coefficient (Wildman–Crippen LogP) is 3.99. The van der Waals surface area contributed by atoms with Crippen molar-refractivity contribution in [2.24, 2.45) is 15.8 Å². The molecule has 0 amide bonds. The van der Waals surface area contributed by atoms with E-state index in [1.807, 2.05) is 42.5 Å². The van der Waals surface area contributed by atoms with Crippen molar-refractivity contribution in [3.63, 3.8) is 0 Å². The lowest BCUT2D eigenvalue weighted by atomic mass is 9.91. The van der Waals surface area contributed by atoms with Gasteiger partial charge < -0.3 is 5.73 Å². The van der Waals surface area contributed by atoms with E-state index in [1.54, 1.807) is 11.9 Å². The van der Waals surface area contributed by atoms with Gasteiger partial charge >= 0.3 is 0 Å². The summed E-state index contributed by atoms with van der Waals surface area (Å²) in [5.41, 5.74) is 8.89. The molecule has 1 aliphatic heterocycles. The molecule has 1 aliphatic rings. The minimum Gasteiger partial charge on any atom is -0.387 e. The normalized spacial score (nSPS) is 17.8. The Hall–Kier alpha value is -2.59. The minimum atomic E-state index is 0.136. The van der Waals surface area contributed by atoms with Crippen LogP contribution in [-0.4, -0.2) is 23.1 Å². The van der Waals surface area contributed by atoms with E-state index in [2.05, 4.69) is 23.7 Å². The molecule has 1 atom stereocenters. The van der Waals surface area contributed by atoms with E-state index in [9.17, 15) is 0 Å². The first-order valence-corrected chi connectivity index (χ1v) is 8.09. The summed E-state index contributed by atoms with van der Waals surface area (Å²) in [6.07, 6.45) is 0. The van der Waals surface area contributed by atoms with Crippen LogP contribution in [0.1, 0.15) is 24.0 Å². The molecule has 3 rings (SSSR count). The van der Waals surface area contributed by atoms with Crippen molar-refractivity contribution in [1.82, 2.24) is 5.01 Å². The highest BCUT2D eigenvalue weighted by molar-refractivity contribution is 6.30. The van der Waals surface area contributed by atoms with Crippen LogP contribution in [0.2, 0.25) is 5.02 Å². The van der Waals surface area contributed by atoms with E-state index in [0.717, 1.165) is 11.3 Å². The Balaban J connectivity index is 1.99. The van der Waals surface area contributed by atoms with Crippen LogP contribution < -0.4 is 5.73 Å². The van der Waals surface area contributed by atoms with Gasteiger partial charge in [-0.3, -0.25) is 0 Å². The molecule has 0 aromatic heterocycles. The van der Waals surface area contributed by atoms with Crippen LogP contribution in [0.3, 0.4) is 0 Å². The van der Waals surface area contributed by atoms with E-state index in [1.165, 1.54) is 5.56 Å². The van der Waals surface area contributed by atoms with Crippen molar-refractivity contribution in [1.29, 1.82) is 0 Å². The Morgan fingerprint density at radius 3 is 2.50 bits per heavy atom. The van der Waals surface area contributed by atoms with Crippen LogP contribution in [0.5, 0.6) is 0 Å². The van der Waals surface area contributed by atoms with E-state index in [4.69, 9.17) is 22.4 Å². The Morgan fingerprint density at radius 1 is 1.21 bits per heavy atom. The van der Waals surface area contributed by atoms with Crippen molar-refractivity contribution in [3.05, 3.63) is 83.1 Å². The molecule has 0 unspecified atom stereocenters. The fourth-order valence-electron chi connectivity index (χ4n) is 2.75. The molecule has 0 saturated heterocycles. The molecule has 0 bridgehead atoms. The van der Waals surface area contributed by atoms with Gasteiger partial charge in [0.25, 0.3) is 0 Å². The summed E-state index contributed by atoms with van der Waals surface area (Å²) in [5.74, 6) is 1.14. The molecule has 0 spiro atoms. The van der Waals surface area contributed by atoms with Gasteiger partial charge in [0.05, 0.1) is 18.1 Å². The SMILES string of the molecule is C=C(N=C(C)N)N1C[C@H](c2ccccc2)C(c2ccc(Cl)cc2)=N1. The molecule has 0 saturated carbocycles. The van der Waals surface area contributed by atoms with Crippen LogP contribution in [0.25, 0.3) is 0 Å². The first-order valence-electron chi connectivity index (χ1n) is 7.71. The maximum atomic E-state index is 6.01. The molecule has 0 fully saturated rings. The van der Waals surface area contributed by atoms with Gasteiger partial charge in [-0.2, -0.15) is 5.10 Å². The van der Waals surface area contributed by atoms with Gasteiger partial charge in [-0.25, -0.2) is 10.0 Å². The zero-order valence-corrected chi connectivity index (χ0v) is 14.2. The molecule has 5 heteroatoms. The van der Waals surface area contributed by atoms with Crippen LogP contribution >= 0.6 is 11.6 Å². The largest absolute Gasteiger partial charge is 0.387 e. The smallest absolute Gasteiger partial charge is 0.143 e. The fourth-order valence-corrected chi connectivity index (χ4v) is 2.88. The van der Waals surface area contributed by atoms with Gasteiger partial charge in [-0.15, -0.1) is 0 Å². The molecular formula is C19H19ClN4. The van der Waals surface area contributed by atoms with Crippen molar-refractivity contribution >= 4 is 23.1 Å². The first kappa shape index (κ1) is 16.3. The molecule has 2 aromatic carbocycles. The quantitative estimate of drug-likeness (QED) is 0.677. The molecule has 122 valence electrons. The Labute approximate surface area is 147 Å². The van der Waals surface area contributed by atoms with Crippen LogP contribution in [0, 0.1) is 0 Å². The third kappa shape index (κ3) is 3.49. The number of halogens is 1. The molecule has 0 radical (unpaired) electrons. The fraction of sp³-hybridized carbons (Fsp3) is 0.158. The maximum Gasteiger partial charge on any atom is 0.143 e. The number of hydrogen-bond donors (Lipinski definition) is 1. The molecule has 2 aromatic rings. The van der Waals surface area contributed by atoms with E-state index < -0.39 is 0 Å². The van der Waals surface area contributed by atoms with E-state index >= 15 is 0 Å². The Kier molecular flexibility index (Phi) is 4.67. The second kappa shape index (κ2) is 6.89. The summed E-state index contributed by atoms with van der Waals surface area (Å²) in [4.78, 5) is 4.23. The first-order chi connectivity index (χ1) is 11.5. The third-order valence-electron chi connectivity index (χ3n) is 3.86.